The van der Waals surface area contributed by atoms with E-state index in [9.17, 15) is 14.4 Å². The average molecular weight is 414 g/mol. The molecule has 3 N–H and O–H groups in total. The first-order chi connectivity index (χ1) is 13.8. The van der Waals surface area contributed by atoms with E-state index in [4.69, 9.17) is 0 Å². The number of hydrogen-bond acceptors (Lipinski definition) is 6. The molecule has 0 aliphatic carbocycles. The van der Waals surface area contributed by atoms with Gasteiger partial charge in [-0.15, -0.1) is 11.3 Å². The van der Waals surface area contributed by atoms with Crippen molar-refractivity contribution in [1.82, 2.24) is 20.8 Å². The number of H-pyrrole nitrogens is 1. The minimum Gasteiger partial charge on any atom is -0.378 e. The Labute approximate surface area is 171 Å². The van der Waals surface area contributed by atoms with Gasteiger partial charge in [0.05, 0.1) is 5.39 Å². The van der Waals surface area contributed by atoms with Crippen LogP contribution in [0.2, 0.25) is 0 Å². The third-order valence-electron chi connectivity index (χ3n) is 4.62. The Bertz CT molecular complexity index is 1130. The van der Waals surface area contributed by atoms with Crippen molar-refractivity contribution in [2.24, 2.45) is 0 Å². The van der Waals surface area contributed by atoms with Crippen LogP contribution in [0.1, 0.15) is 33.0 Å². The largest absolute Gasteiger partial charge is 0.378 e. The number of aromatic amines is 1. The van der Waals surface area contributed by atoms with E-state index in [1.165, 1.54) is 11.3 Å². The molecule has 152 valence electrons. The Hall–Kier alpha value is -3.20. The summed E-state index contributed by atoms with van der Waals surface area (Å²) in [4.78, 5) is 47.4. The van der Waals surface area contributed by atoms with E-state index in [1.54, 1.807) is 18.2 Å². The number of aryl methyl sites for hydroxylation is 3. The van der Waals surface area contributed by atoms with Crippen molar-refractivity contribution in [1.29, 1.82) is 0 Å². The molecule has 0 fully saturated rings. The molecule has 3 rings (SSSR count). The monoisotopic (exact) mass is 413 g/mol. The van der Waals surface area contributed by atoms with Gasteiger partial charge in [-0.3, -0.25) is 25.2 Å². The average Bonchev–Trinajstić information content (AvgIpc) is 2.98. The van der Waals surface area contributed by atoms with Crippen molar-refractivity contribution in [2.75, 3.05) is 19.0 Å². The lowest BCUT2D eigenvalue weighted by Crippen LogP contribution is -2.41. The Balaban J connectivity index is 1.58. The molecule has 2 aromatic heterocycles. The minimum atomic E-state index is -0.403. The molecular weight excluding hydrogens is 390 g/mol. The van der Waals surface area contributed by atoms with Crippen LogP contribution in [0.15, 0.2) is 29.1 Å². The van der Waals surface area contributed by atoms with E-state index in [1.807, 2.05) is 38.9 Å². The van der Waals surface area contributed by atoms with Crippen LogP contribution in [0, 0.1) is 13.8 Å². The maximum absolute atomic E-state index is 12.3. The molecule has 0 spiro atoms. The van der Waals surface area contributed by atoms with Crippen molar-refractivity contribution < 1.29 is 9.59 Å². The number of anilines is 1. The molecule has 8 nitrogen and oxygen atoms in total. The Morgan fingerprint density at radius 3 is 2.69 bits per heavy atom. The van der Waals surface area contributed by atoms with Crippen LogP contribution >= 0.6 is 11.3 Å². The zero-order chi connectivity index (χ0) is 21.1. The van der Waals surface area contributed by atoms with Gasteiger partial charge in [-0.05, 0) is 37.6 Å². The topological polar surface area (TPSA) is 107 Å². The van der Waals surface area contributed by atoms with Crippen LogP contribution in [-0.2, 0) is 11.2 Å². The van der Waals surface area contributed by atoms with Gasteiger partial charge in [0.15, 0.2) is 0 Å². The summed E-state index contributed by atoms with van der Waals surface area (Å²) in [5.41, 5.74) is 6.87. The van der Waals surface area contributed by atoms with Gasteiger partial charge in [0.1, 0.15) is 10.7 Å². The summed E-state index contributed by atoms with van der Waals surface area (Å²) in [5.74, 6) is -0.327. The van der Waals surface area contributed by atoms with E-state index < -0.39 is 5.91 Å². The van der Waals surface area contributed by atoms with Crippen molar-refractivity contribution in [3.05, 3.63) is 56.4 Å². The number of carbonyl (C=O) groups is 2. The number of thiophene rings is 1. The quantitative estimate of drug-likeness (QED) is 0.555. The lowest BCUT2D eigenvalue weighted by Gasteiger charge is -2.13. The molecule has 1 aromatic carbocycles. The molecule has 3 aromatic rings. The van der Waals surface area contributed by atoms with E-state index in [-0.39, 0.29) is 24.3 Å². The second kappa shape index (κ2) is 8.44. The Morgan fingerprint density at radius 2 is 1.97 bits per heavy atom. The number of nitrogens with one attached hydrogen (secondary N) is 3. The highest BCUT2D eigenvalue weighted by Crippen LogP contribution is 2.25. The fourth-order valence-corrected chi connectivity index (χ4v) is 3.88. The molecule has 0 radical (unpaired) electrons. The van der Waals surface area contributed by atoms with Gasteiger partial charge in [-0.2, -0.15) is 0 Å². The molecule has 29 heavy (non-hydrogen) atoms. The van der Waals surface area contributed by atoms with Gasteiger partial charge in [-0.1, -0.05) is 6.07 Å². The summed E-state index contributed by atoms with van der Waals surface area (Å²) >= 11 is 1.46. The summed E-state index contributed by atoms with van der Waals surface area (Å²) in [5, 5.41) is 0.605. The number of amides is 2. The SMILES string of the molecule is Cc1sc2nc(CCC(=O)NNC(=O)c3cccc(N(C)C)c3)[nH]c(=O)c2c1C. The Morgan fingerprint density at radius 1 is 1.21 bits per heavy atom. The standard InChI is InChI=1S/C20H23N5O3S/c1-11-12(2)29-20-17(11)19(28)21-15(22-20)8-9-16(26)23-24-18(27)13-6-5-7-14(10-13)25(3)4/h5-7,10H,8-9H2,1-4H3,(H,23,26)(H,24,27)(H,21,22,28). The molecule has 0 aliphatic rings. The van der Waals surface area contributed by atoms with Crippen molar-refractivity contribution >= 4 is 39.1 Å². The third kappa shape index (κ3) is 4.62. The normalized spacial score (nSPS) is 10.8. The number of benzene rings is 1. The van der Waals surface area contributed by atoms with Crippen LogP contribution < -0.4 is 21.3 Å². The summed E-state index contributed by atoms with van der Waals surface area (Å²) in [6.45, 7) is 3.85. The van der Waals surface area contributed by atoms with Gasteiger partial charge in [0.25, 0.3) is 11.5 Å². The molecule has 0 atom stereocenters. The second-order valence-corrected chi connectivity index (χ2v) is 8.13. The second-order valence-electron chi connectivity index (χ2n) is 6.92. The molecule has 2 amide bonds. The first kappa shape index (κ1) is 20.5. The fourth-order valence-electron chi connectivity index (χ4n) is 2.84. The summed E-state index contributed by atoms with van der Waals surface area (Å²) in [7, 11) is 3.76. The molecular formula is C20H23N5O3S. The number of hydrogen-bond donors (Lipinski definition) is 3. The van der Waals surface area contributed by atoms with Crippen LogP contribution in [0.4, 0.5) is 5.69 Å². The predicted molar refractivity (Wildman–Crippen MR) is 114 cm³/mol. The summed E-state index contributed by atoms with van der Waals surface area (Å²) < 4.78 is 0. The van der Waals surface area contributed by atoms with Crippen LogP contribution in [0.25, 0.3) is 10.2 Å². The van der Waals surface area contributed by atoms with Gasteiger partial charge in [0.2, 0.25) is 5.91 Å². The number of rotatable bonds is 5. The molecule has 0 saturated heterocycles. The molecule has 0 unspecified atom stereocenters. The molecule has 9 heteroatoms. The van der Waals surface area contributed by atoms with Crippen molar-refractivity contribution in [3.8, 4) is 0 Å². The van der Waals surface area contributed by atoms with E-state index in [0.29, 0.717) is 21.6 Å². The maximum atomic E-state index is 12.3. The molecule has 0 bridgehead atoms. The van der Waals surface area contributed by atoms with Crippen molar-refractivity contribution in [3.63, 3.8) is 0 Å². The van der Waals surface area contributed by atoms with Gasteiger partial charge < -0.3 is 9.88 Å². The molecule has 0 saturated carbocycles. The third-order valence-corrected chi connectivity index (χ3v) is 5.72. The first-order valence-electron chi connectivity index (χ1n) is 9.11. The van der Waals surface area contributed by atoms with Gasteiger partial charge >= 0.3 is 0 Å². The minimum absolute atomic E-state index is 0.0792. The van der Waals surface area contributed by atoms with Crippen LogP contribution in [0.5, 0.6) is 0 Å². The van der Waals surface area contributed by atoms with E-state index in [0.717, 1.165) is 16.1 Å². The van der Waals surface area contributed by atoms with Gasteiger partial charge in [-0.25, -0.2) is 4.98 Å². The maximum Gasteiger partial charge on any atom is 0.269 e. The van der Waals surface area contributed by atoms with Crippen LogP contribution in [-0.4, -0.2) is 35.9 Å². The number of fused-ring (bicyclic) bond motifs is 1. The zero-order valence-electron chi connectivity index (χ0n) is 16.8. The van der Waals surface area contributed by atoms with Gasteiger partial charge in [0, 0.05) is 43.1 Å². The number of nitrogens with zero attached hydrogens (tertiary/aromatic N) is 2. The summed E-state index contributed by atoms with van der Waals surface area (Å²) in [6, 6.07) is 7.06. The van der Waals surface area contributed by atoms with Crippen LogP contribution in [0.3, 0.4) is 0 Å². The Kier molecular flexibility index (Phi) is 5.97. The lowest BCUT2D eigenvalue weighted by molar-refractivity contribution is -0.121. The molecule has 0 aliphatic heterocycles. The zero-order valence-corrected chi connectivity index (χ0v) is 17.6. The van der Waals surface area contributed by atoms with E-state index >= 15 is 0 Å². The number of aromatic nitrogens is 2. The number of carbonyl (C=O) groups excluding carboxylic acids is 2. The first-order valence-corrected chi connectivity index (χ1v) is 9.93. The fraction of sp³-hybridized carbons (Fsp3) is 0.300. The molecule has 2 heterocycles. The highest BCUT2D eigenvalue weighted by Gasteiger charge is 2.13. The lowest BCUT2D eigenvalue weighted by atomic mass is 10.2. The highest BCUT2D eigenvalue weighted by atomic mass is 32.1. The smallest absolute Gasteiger partial charge is 0.269 e. The van der Waals surface area contributed by atoms with E-state index in [2.05, 4.69) is 20.8 Å². The number of hydrazine groups is 1. The predicted octanol–water partition coefficient (Wildman–Crippen LogP) is 2.06. The highest BCUT2D eigenvalue weighted by molar-refractivity contribution is 7.18. The summed E-state index contributed by atoms with van der Waals surface area (Å²) in [6.07, 6.45) is 0.342. The van der Waals surface area contributed by atoms with Crippen molar-refractivity contribution in [2.45, 2.75) is 26.7 Å².